The molecule has 0 atom stereocenters. The van der Waals surface area contributed by atoms with E-state index in [1.165, 1.54) is 0 Å². The van der Waals surface area contributed by atoms with E-state index in [4.69, 9.17) is 20.5 Å². The van der Waals surface area contributed by atoms with Crippen molar-refractivity contribution in [1.29, 1.82) is 0 Å². The van der Waals surface area contributed by atoms with E-state index in [1.54, 1.807) is 37.8 Å². The Kier molecular flexibility index (Phi) is 4.95. The highest BCUT2D eigenvalue weighted by Crippen LogP contribution is 2.31. The molecule has 3 aromatic heterocycles. The molecular weight excluding hydrogens is 378 g/mol. The van der Waals surface area contributed by atoms with Gasteiger partial charge in [-0.3, -0.25) is 9.78 Å². The van der Waals surface area contributed by atoms with Gasteiger partial charge in [0.25, 0.3) is 5.91 Å². The lowest BCUT2D eigenvalue weighted by atomic mass is 10.1. The topological polar surface area (TPSA) is 81.2 Å². The molecule has 1 N–H and O–H groups in total. The van der Waals surface area contributed by atoms with Crippen LogP contribution in [0.25, 0.3) is 22.5 Å². The molecule has 0 fully saturated rings. The number of aryl methyl sites for hydroxylation is 1. The molecule has 0 spiro atoms. The average Bonchev–Trinajstić information content (AvgIpc) is 3.37. The van der Waals surface area contributed by atoms with Crippen LogP contribution in [0.4, 0.5) is 0 Å². The van der Waals surface area contributed by atoms with Gasteiger partial charge in [-0.15, -0.1) is 0 Å². The van der Waals surface area contributed by atoms with Crippen LogP contribution in [0.2, 0.25) is 5.02 Å². The number of benzene rings is 1. The van der Waals surface area contributed by atoms with Crippen molar-refractivity contribution in [1.82, 2.24) is 15.5 Å². The molecule has 0 unspecified atom stereocenters. The number of pyridine rings is 1. The molecule has 6 nitrogen and oxygen atoms in total. The number of halogens is 1. The summed E-state index contributed by atoms with van der Waals surface area (Å²) in [5, 5.41) is 7.41. The van der Waals surface area contributed by atoms with Gasteiger partial charge in [0.2, 0.25) is 0 Å². The summed E-state index contributed by atoms with van der Waals surface area (Å²) in [5.41, 5.74) is 4.02. The van der Waals surface area contributed by atoms with E-state index in [9.17, 15) is 4.79 Å². The van der Waals surface area contributed by atoms with Crippen LogP contribution in [0.5, 0.6) is 0 Å². The van der Waals surface area contributed by atoms with Crippen molar-refractivity contribution >= 4 is 17.5 Å². The minimum Gasteiger partial charge on any atom is -0.472 e. The smallest absolute Gasteiger partial charge is 0.257 e. The van der Waals surface area contributed by atoms with Gasteiger partial charge < -0.3 is 14.3 Å². The zero-order valence-corrected chi connectivity index (χ0v) is 15.7. The van der Waals surface area contributed by atoms with E-state index in [0.29, 0.717) is 34.1 Å². The first-order chi connectivity index (χ1) is 13.6. The van der Waals surface area contributed by atoms with Crippen molar-refractivity contribution in [2.45, 2.75) is 13.5 Å². The number of furan rings is 1. The first-order valence-electron chi connectivity index (χ1n) is 8.60. The van der Waals surface area contributed by atoms with Crippen LogP contribution in [-0.2, 0) is 6.54 Å². The van der Waals surface area contributed by atoms with Crippen molar-refractivity contribution in [2.75, 3.05) is 0 Å². The Balaban J connectivity index is 1.50. The lowest BCUT2D eigenvalue weighted by molar-refractivity contribution is 0.0950. The highest BCUT2D eigenvalue weighted by atomic mass is 35.5. The van der Waals surface area contributed by atoms with Gasteiger partial charge in [0, 0.05) is 23.9 Å². The molecule has 3 heterocycles. The number of nitrogens with zero attached hydrogens (tertiary/aromatic N) is 2. The van der Waals surface area contributed by atoms with Crippen LogP contribution in [0, 0.1) is 6.92 Å². The van der Waals surface area contributed by atoms with Crippen LogP contribution >= 0.6 is 11.6 Å². The normalized spacial score (nSPS) is 10.8. The molecule has 0 aliphatic heterocycles. The predicted octanol–water partition coefficient (Wildman–Crippen LogP) is 4.89. The van der Waals surface area contributed by atoms with E-state index in [-0.39, 0.29) is 5.91 Å². The van der Waals surface area contributed by atoms with E-state index in [1.807, 2.05) is 30.3 Å². The second kappa shape index (κ2) is 7.70. The number of hydrogen-bond donors (Lipinski definition) is 1. The molecule has 0 bridgehead atoms. The molecule has 7 heteroatoms. The fourth-order valence-electron chi connectivity index (χ4n) is 2.86. The van der Waals surface area contributed by atoms with Crippen LogP contribution in [-0.4, -0.2) is 16.0 Å². The monoisotopic (exact) mass is 393 g/mol. The second-order valence-corrected chi connectivity index (χ2v) is 6.60. The fraction of sp³-hybridized carbons (Fsp3) is 0.0952. The summed E-state index contributed by atoms with van der Waals surface area (Å²) in [6, 6.07) is 12.8. The number of carbonyl (C=O) groups is 1. The molecule has 0 aliphatic rings. The molecule has 1 amide bonds. The predicted molar refractivity (Wildman–Crippen MR) is 105 cm³/mol. The summed E-state index contributed by atoms with van der Waals surface area (Å²) >= 11 is 6.25. The van der Waals surface area contributed by atoms with Crippen molar-refractivity contribution in [3.05, 3.63) is 83.1 Å². The number of rotatable bonds is 5. The SMILES string of the molecule is Cc1onc(-c2ccccc2Cl)c1C(=O)NCc1ccc(-c2ccoc2)nc1. The maximum Gasteiger partial charge on any atom is 0.257 e. The minimum atomic E-state index is -0.285. The first kappa shape index (κ1) is 18.0. The number of nitrogens with one attached hydrogen (secondary N) is 1. The molecule has 0 saturated heterocycles. The van der Waals surface area contributed by atoms with Gasteiger partial charge in [0.05, 0.1) is 23.2 Å². The van der Waals surface area contributed by atoms with E-state index in [2.05, 4.69) is 15.5 Å². The molecule has 0 aliphatic carbocycles. The summed E-state index contributed by atoms with van der Waals surface area (Å²) in [4.78, 5) is 17.2. The zero-order valence-electron chi connectivity index (χ0n) is 15.0. The van der Waals surface area contributed by atoms with Gasteiger partial charge >= 0.3 is 0 Å². The van der Waals surface area contributed by atoms with Crippen LogP contribution < -0.4 is 5.32 Å². The van der Waals surface area contributed by atoms with Crippen LogP contribution in [0.15, 0.2) is 70.1 Å². The first-order valence-corrected chi connectivity index (χ1v) is 8.98. The van der Waals surface area contributed by atoms with E-state index in [0.717, 1.165) is 16.8 Å². The molecule has 4 aromatic rings. The summed E-state index contributed by atoms with van der Waals surface area (Å²) in [5.74, 6) is 0.147. The quantitative estimate of drug-likeness (QED) is 0.522. The third-order valence-electron chi connectivity index (χ3n) is 4.31. The van der Waals surface area contributed by atoms with Gasteiger partial charge in [0.15, 0.2) is 0 Å². The van der Waals surface area contributed by atoms with Gasteiger partial charge in [0.1, 0.15) is 17.0 Å². The maximum absolute atomic E-state index is 12.8. The number of hydrogen-bond acceptors (Lipinski definition) is 5. The molecule has 4 rings (SSSR count). The average molecular weight is 394 g/mol. The Labute approximate surface area is 166 Å². The lowest BCUT2D eigenvalue weighted by Gasteiger charge is -2.07. The minimum absolute atomic E-state index is 0.285. The molecule has 28 heavy (non-hydrogen) atoms. The lowest BCUT2D eigenvalue weighted by Crippen LogP contribution is -2.23. The Morgan fingerprint density at radius 2 is 2.04 bits per heavy atom. The Bertz CT molecular complexity index is 1100. The second-order valence-electron chi connectivity index (χ2n) is 6.19. The van der Waals surface area contributed by atoms with Crippen molar-refractivity contribution in [2.24, 2.45) is 0 Å². The highest BCUT2D eigenvalue weighted by molar-refractivity contribution is 6.33. The number of aromatic nitrogens is 2. The van der Waals surface area contributed by atoms with Gasteiger partial charge in [-0.25, -0.2) is 0 Å². The van der Waals surface area contributed by atoms with Crippen molar-refractivity contribution in [3.8, 4) is 22.5 Å². The summed E-state index contributed by atoms with van der Waals surface area (Å²) in [6.45, 7) is 2.02. The summed E-state index contributed by atoms with van der Waals surface area (Å²) < 4.78 is 10.3. The van der Waals surface area contributed by atoms with E-state index < -0.39 is 0 Å². The van der Waals surface area contributed by atoms with Gasteiger partial charge in [-0.05, 0) is 30.7 Å². The van der Waals surface area contributed by atoms with Gasteiger partial charge in [-0.2, -0.15) is 0 Å². The highest BCUT2D eigenvalue weighted by Gasteiger charge is 2.22. The van der Waals surface area contributed by atoms with Crippen LogP contribution in [0.3, 0.4) is 0 Å². The van der Waals surface area contributed by atoms with Crippen LogP contribution in [0.1, 0.15) is 21.7 Å². The Morgan fingerprint density at radius 3 is 2.75 bits per heavy atom. The Hall–Kier alpha value is -3.38. The summed E-state index contributed by atoms with van der Waals surface area (Å²) in [6.07, 6.45) is 4.95. The standard InChI is InChI=1S/C21H16ClN3O3/c1-13-19(20(25-28-13)16-4-2-3-5-17(16)22)21(26)24-11-14-6-7-18(23-10-14)15-8-9-27-12-15/h2-10,12H,11H2,1H3,(H,24,26). The van der Waals surface area contributed by atoms with Crippen molar-refractivity contribution in [3.63, 3.8) is 0 Å². The molecular formula is C21H16ClN3O3. The maximum atomic E-state index is 12.8. The third kappa shape index (κ3) is 3.54. The third-order valence-corrected chi connectivity index (χ3v) is 4.64. The fourth-order valence-corrected chi connectivity index (χ4v) is 3.08. The molecule has 140 valence electrons. The summed E-state index contributed by atoms with van der Waals surface area (Å²) in [7, 11) is 0. The largest absolute Gasteiger partial charge is 0.472 e. The van der Waals surface area contributed by atoms with Crippen molar-refractivity contribution < 1.29 is 13.7 Å². The number of carbonyl (C=O) groups excluding carboxylic acids is 1. The molecule has 0 radical (unpaired) electrons. The van der Waals surface area contributed by atoms with E-state index >= 15 is 0 Å². The zero-order chi connectivity index (χ0) is 19.5. The number of amides is 1. The molecule has 0 saturated carbocycles. The Morgan fingerprint density at radius 1 is 1.18 bits per heavy atom. The molecule has 1 aromatic carbocycles. The van der Waals surface area contributed by atoms with Gasteiger partial charge in [-0.1, -0.05) is 41.0 Å².